The van der Waals surface area contributed by atoms with Crippen molar-refractivity contribution in [1.82, 2.24) is 24.1 Å². The molecule has 3 heterocycles. The molecule has 0 spiro atoms. The second-order valence-corrected chi connectivity index (χ2v) is 6.04. The minimum absolute atomic E-state index is 0.133. The highest BCUT2D eigenvalue weighted by atomic mass is 32.1. The summed E-state index contributed by atoms with van der Waals surface area (Å²) in [6.45, 7) is -0.133. The van der Waals surface area contributed by atoms with Gasteiger partial charge in [0.1, 0.15) is 6.54 Å². The molecule has 0 unspecified atom stereocenters. The molecular formula is C14H14N6O3S. The number of fused-ring (bicyclic) bond motifs is 1. The zero-order chi connectivity index (χ0) is 17.3. The maximum atomic E-state index is 12.3. The van der Waals surface area contributed by atoms with Gasteiger partial charge in [-0.25, -0.2) is 15.2 Å². The Morgan fingerprint density at radius 1 is 1.38 bits per heavy atom. The van der Waals surface area contributed by atoms with Gasteiger partial charge in [-0.15, -0.1) is 11.3 Å². The molecule has 3 aromatic rings. The maximum Gasteiger partial charge on any atom is 0.332 e. The molecule has 0 aliphatic rings. The first-order valence-electron chi connectivity index (χ1n) is 6.95. The summed E-state index contributed by atoms with van der Waals surface area (Å²) in [6.07, 6.45) is 2.89. The van der Waals surface area contributed by atoms with E-state index in [1.807, 2.05) is 17.5 Å². The fourth-order valence-corrected chi connectivity index (χ4v) is 2.82. The van der Waals surface area contributed by atoms with Gasteiger partial charge in [0, 0.05) is 19.0 Å². The van der Waals surface area contributed by atoms with Crippen LogP contribution in [0.1, 0.15) is 4.88 Å². The van der Waals surface area contributed by atoms with Gasteiger partial charge < -0.3 is 4.57 Å². The molecule has 9 nitrogen and oxygen atoms in total. The lowest BCUT2D eigenvalue weighted by Gasteiger charge is -2.05. The second kappa shape index (κ2) is 6.24. The molecule has 1 amide bonds. The van der Waals surface area contributed by atoms with Crippen molar-refractivity contribution in [2.45, 2.75) is 6.54 Å². The van der Waals surface area contributed by atoms with Gasteiger partial charge in [-0.2, -0.15) is 5.10 Å². The molecule has 24 heavy (non-hydrogen) atoms. The zero-order valence-corrected chi connectivity index (χ0v) is 13.8. The second-order valence-electron chi connectivity index (χ2n) is 5.06. The van der Waals surface area contributed by atoms with Gasteiger partial charge in [-0.3, -0.25) is 18.7 Å². The van der Waals surface area contributed by atoms with E-state index in [1.54, 1.807) is 0 Å². The van der Waals surface area contributed by atoms with Crippen molar-refractivity contribution in [3.8, 4) is 0 Å². The van der Waals surface area contributed by atoms with Crippen LogP contribution in [0, 0.1) is 0 Å². The predicted molar refractivity (Wildman–Crippen MR) is 90.3 cm³/mol. The van der Waals surface area contributed by atoms with E-state index in [4.69, 9.17) is 0 Å². The van der Waals surface area contributed by atoms with E-state index >= 15 is 0 Å². The van der Waals surface area contributed by atoms with Crippen LogP contribution in [-0.4, -0.2) is 30.8 Å². The number of carbonyl (C=O) groups excluding carboxylic acids is 1. The largest absolute Gasteiger partial charge is 0.332 e. The summed E-state index contributed by atoms with van der Waals surface area (Å²) in [5, 5.41) is 5.76. The van der Waals surface area contributed by atoms with Crippen LogP contribution in [0.4, 0.5) is 0 Å². The SMILES string of the molecule is Cn1c(=O)c2c(ncn2CC(=O)N/N=C\c2cccs2)n(C)c1=O. The van der Waals surface area contributed by atoms with Crippen molar-refractivity contribution in [3.05, 3.63) is 49.6 Å². The smallest absolute Gasteiger partial charge is 0.315 e. The number of amides is 1. The Balaban J connectivity index is 1.84. The van der Waals surface area contributed by atoms with Gasteiger partial charge in [-0.05, 0) is 11.4 Å². The van der Waals surface area contributed by atoms with Crippen molar-refractivity contribution in [3.63, 3.8) is 0 Å². The summed E-state index contributed by atoms with van der Waals surface area (Å²) < 4.78 is 3.64. The Labute approximate surface area is 139 Å². The number of hydrogen-bond acceptors (Lipinski definition) is 6. The Hall–Kier alpha value is -3.01. The molecular weight excluding hydrogens is 332 g/mol. The molecule has 3 rings (SSSR count). The van der Waals surface area contributed by atoms with E-state index in [0.717, 1.165) is 9.44 Å². The number of aromatic nitrogens is 4. The number of nitrogens with zero attached hydrogens (tertiary/aromatic N) is 5. The summed E-state index contributed by atoms with van der Waals surface area (Å²) in [5.74, 6) is -0.405. The van der Waals surface area contributed by atoms with Gasteiger partial charge in [0.2, 0.25) is 0 Å². The van der Waals surface area contributed by atoms with Crippen LogP contribution < -0.4 is 16.7 Å². The zero-order valence-electron chi connectivity index (χ0n) is 13.0. The van der Waals surface area contributed by atoms with E-state index < -0.39 is 17.2 Å². The van der Waals surface area contributed by atoms with E-state index in [-0.39, 0.29) is 17.7 Å². The van der Waals surface area contributed by atoms with Crippen LogP contribution in [0.3, 0.4) is 0 Å². The standard InChI is InChI=1S/C14H14N6O3S/c1-18-12-11(13(22)19(2)14(18)23)20(8-15-12)7-10(21)17-16-6-9-4-3-5-24-9/h3-6,8H,7H2,1-2H3,(H,17,21)/b16-6-. The highest BCUT2D eigenvalue weighted by Crippen LogP contribution is 2.05. The third-order valence-electron chi connectivity index (χ3n) is 3.46. The first-order chi connectivity index (χ1) is 11.5. The Morgan fingerprint density at radius 2 is 2.17 bits per heavy atom. The molecule has 0 bridgehead atoms. The summed E-state index contributed by atoms with van der Waals surface area (Å²) in [6, 6.07) is 3.75. The number of imidazole rings is 1. The molecule has 0 saturated heterocycles. The molecule has 0 saturated carbocycles. The fraction of sp³-hybridized carbons (Fsp3) is 0.214. The van der Waals surface area contributed by atoms with Crippen LogP contribution in [0.15, 0.2) is 38.5 Å². The number of nitrogens with one attached hydrogen (secondary N) is 1. The number of carbonyl (C=O) groups is 1. The molecule has 0 aliphatic carbocycles. The molecule has 124 valence electrons. The number of hydrogen-bond donors (Lipinski definition) is 1. The van der Waals surface area contributed by atoms with Crippen LogP contribution >= 0.6 is 11.3 Å². The van der Waals surface area contributed by atoms with Gasteiger partial charge in [0.15, 0.2) is 11.2 Å². The average Bonchev–Trinajstić information content (AvgIpc) is 3.21. The number of hydrazone groups is 1. The van der Waals surface area contributed by atoms with Crippen LogP contribution in [0.5, 0.6) is 0 Å². The molecule has 3 aromatic heterocycles. The van der Waals surface area contributed by atoms with Crippen LogP contribution in [0.2, 0.25) is 0 Å². The first kappa shape index (κ1) is 15.9. The molecule has 0 fully saturated rings. The van der Waals surface area contributed by atoms with Crippen molar-refractivity contribution < 1.29 is 4.79 Å². The number of aryl methyl sites for hydroxylation is 1. The Kier molecular flexibility index (Phi) is 4.13. The van der Waals surface area contributed by atoms with Gasteiger partial charge >= 0.3 is 5.69 Å². The van der Waals surface area contributed by atoms with Crippen molar-refractivity contribution in [1.29, 1.82) is 0 Å². The van der Waals surface area contributed by atoms with Crippen LogP contribution in [-0.2, 0) is 25.4 Å². The van der Waals surface area contributed by atoms with E-state index in [9.17, 15) is 14.4 Å². The van der Waals surface area contributed by atoms with E-state index in [0.29, 0.717) is 0 Å². The van der Waals surface area contributed by atoms with Crippen LogP contribution in [0.25, 0.3) is 11.2 Å². The molecule has 0 aliphatic heterocycles. The van der Waals surface area contributed by atoms with Gasteiger partial charge in [-0.1, -0.05) is 6.07 Å². The molecule has 0 aromatic carbocycles. The third kappa shape index (κ3) is 2.78. The monoisotopic (exact) mass is 346 g/mol. The Bertz CT molecular complexity index is 1040. The Morgan fingerprint density at radius 3 is 2.88 bits per heavy atom. The predicted octanol–water partition coefficient (Wildman–Crippen LogP) is -0.354. The van der Waals surface area contributed by atoms with Crippen molar-refractivity contribution in [2.24, 2.45) is 19.2 Å². The number of thiophene rings is 1. The highest BCUT2D eigenvalue weighted by molar-refractivity contribution is 7.11. The highest BCUT2D eigenvalue weighted by Gasteiger charge is 2.15. The topological polar surface area (TPSA) is 103 Å². The third-order valence-corrected chi connectivity index (χ3v) is 4.26. The molecule has 1 N–H and O–H groups in total. The fourth-order valence-electron chi connectivity index (χ4n) is 2.24. The summed E-state index contributed by atoms with van der Waals surface area (Å²) in [7, 11) is 2.90. The lowest BCUT2D eigenvalue weighted by atomic mass is 10.4. The minimum Gasteiger partial charge on any atom is -0.315 e. The van der Waals surface area contributed by atoms with Gasteiger partial charge in [0.05, 0.1) is 12.5 Å². The minimum atomic E-state index is -0.500. The average molecular weight is 346 g/mol. The van der Waals surface area contributed by atoms with Crippen molar-refractivity contribution >= 4 is 34.6 Å². The van der Waals surface area contributed by atoms with E-state index in [1.165, 1.54) is 47.1 Å². The van der Waals surface area contributed by atoms with E-state index in [2.05, 4.69) is 15.5 Å². The van der Waals surface area contributed by atoms with Crippen molar-refractivity contribution in [2.75, 3.05) is 0 Å². The molecule has 10 heteroatoms. The number of rotatable bonds is 4. The first-order valence-corrected chi connectivity index (χ1v) is 7.83. The summed E-state index contributed by atoms with van der Waals surface area (Å²) >= 11 is 1.50. The summed E-state index contributed by atoms with van der Waals surface area (Å²) in [5.41, 5.74) is 1.85. The lowest BCUT2D eigenvalue weighted by molar-refractivity contribution is -0.121. The quantitative estimate of drug-likeness (QED) is 0.515. The lowest BCUT2D eigenvalue weighted by Crippen LogP contribution is -2.38. The van der Waals surface area contributed by atoms with Gasteiger partial charge in [0.25, 0.3) is 11.5 Å². The molecule has 0 radical (unpaired) electrons. The maximum absolute atomic E-state index is 12.3. The normalized spacial score (nSPS) is 11.4. The molecule has 0 atom stereocenters. The summed E-state index contributed by atoms with van der Waals surface area (Å²) in [4.78, 5) is 41.1.